The van der Waals surface area contributed by atoms with Gasteiger partial charge in [-0.1, -0.05) is 29.8 Å². The van der Waals surface area contributed by atoms with E-state index in [-0.39, 0.29) is 11.3 Å². The van der Waals surface area contributed by atoms with E-state index in [0.29, 0.717) is 15.1 Å². The van der Waals surface area contributed by atoms with Crippen LogP contribution in [0.4, 0.5) is 4.39 Å². The van der Waals surface area contributed by atoms with E-state index in [0.717, 1.165) is 0 Å². The Hall–Kier alpha value is -1.19. The summed E-state index contributed by atoms with van der Waals surface area (Å²) >= 11 is 9.26. The van der Waals surface area contributed by atoms with Crippen LogP contribution >= 0.6 is 27.5 Å². The predicted molar refractivity (Wildman–Crippen MR) is 69.0 cm³/mol. The molecule has 4 heteroatoms. The van der Waals surface area contributed by atoms with Crippen molar-refractivity contribution in [1.29, 1.82) is 0 Å². The molecular weight excluding hydrogens is 306 g/mol. The summed E-state index contributed by atoms with van der Waals surface area (Å²) < 4.78 is 13.7. The van der Waals surface area contributed by atoms with Crippen molar-refractivity contribution in [1.82, 2.24) is 0 Å². The van der Waals surface area contributed by atoms with E-state index >= 15 is 0 Å². The molecule has 86 valence electrons. The molecule has 0 aliphatic rings. The monoisotopic (exact) mass is 312 g/mol. The van der Waals surface area contributed by atoms with Gasteiger partial charge in [-0.05, 0) is 40.2 Å². The van der Waals surface area contributed by atoms with Gasteiger partial charge in [-0.25, -0.2) is 4.39 Å². The van der Waals surface area contributed by atoms with E-state index in [1.165, 1.54) is 18.2 Å². The molecule has 0 spiro atoms. The number of benzene rings is 2. The molecular formula is C13H7BrClFO. The Bertz CT molecular complexity index is 583. The van der Waals surface area contributed by atoms with Gasteiger partial charge in [0.2, 0.25) is 0 Å². The number of halogens is 3. The lowest BCUT2D eigenvalue weighted by atomic mass is 10.0. The van der Waals surface area contributed by atoms with Gasteiger partial charge in [0.25, 0.3) is 0 Å². The highest BCUT2D eigenvalue weighted by Crippen LogP contribution is 2.27. The molecule has 0 aromatic heterocycles. The van der Waals surface area contributed by atoms with Crippen LogP contribution in [0.25, 0.3) is 0 Å². The van der Waals surface area contributed by atoms with E-state index in [1.54, 1.807) is 24.3 Å². The Kier molecular flexibility index (Phi) is 3.60. The van der Waals surface area contributed by atoms with E-state index in [4.69, 9.17) is 11.6 Å². The summed E-state index contributed by atoms with van der Waals surface area (Å²) in [5, 5.41) is 0.335. The first kappa shape index (κ1) is 12.3. The van der Waals surface area contributed by atoms with Gasteiger partial charge < -0.3 is 0 Å². The second kappa shape index (κ2) is 4.98. The number of ketones is 1. The lowest BCUT2D eigenvalue weighted by Gasteiger charge is -2.05. The fourth-order valence-electron chi connectivity index (χ4n) is 1.46. The zero-order chi connectivity index (χ0) is 12.4. The normalized spacial score (nSPS) is 10.3. The summed E-state index contributed by atoms with van der Waals surface area (Å²) in [5.41, 5.74) is 0.636. The molecule has 0 atom stereocenters. The molecule has 0 fully saturated rings. The third-order valence-corrected chi connectivity index (χ3v) is 3.58. The van der Waals surface area contributed by atoms with E-state index in [2.05, 4.69) is 15.9 Å². The van der Waals surface area contributed by atoms with Crippen molar-refractivity contribution in [2.75, 3.05) is 0 Å². The number of hydrogen-bond acceptors (Lipinski definition) is 1. The van der Waals surface area contributed by atoms with Gasteiger partial charge in [0, 0.05) is 15.6 Å². The Morgan fingerprint density at radius 3 is 2.59 bits per heavy atom. The van der Waals surface area contributed by atoms with Crippen LogP contribution in [-0.4, -0.2) is 5.78 Å². The van der Waals surface area contributed by atoms with Crippen molar-refractivity contribution < 1.29 is 9.18 Å². The number of carbonyl (C=O) groups excluding carboxylic acids is 1. The molecule has 0 aliphatic carbocycles. The first-order valence-corrected chi connectivity index (χ1v) is 6.01. The van der Waals surface area contributed by atoms with Crippen molar-refractivity contribution >= 4 is 33.3 Å². The third-order valence-electron chi connectivity index (χ3n) is 2.28. The van der Waals surface area contributed by atoms with Crippen molar-refractivity contribution in [3.63, 3.8) is 0 Å². The largest absolute Gasteiger partial charge is 0.289 e. The van der Waals surface area contributed by atoms with Crippen molar-refractivity contribution in [2.24, 2.45) is 0 Å². The molecule has 2 aromatic rings. The highest BCUT2D eigenvalue weighted by atomic mass is 79.9. The van der Waals surface area contributed by atoms with Crippen LogP contribution in [0.1, 0.15) is 15.9 Å². The van der Waals surface area contributed by atoms with Crippen molar-refractivity contribution in [3.05, 3.63) is 68.9 Å². The maximum absolute atomic E-state index is 13.0. The predicted octanol–water partition coefficient (Wildman–Crippen LogP) is 4.47. The summed E-state index contributed by atoms with van der Waals surface area (Å²) in [7, 11) is 0. The van der Waals surface area contributed by atoms with Crippen LogP contribution in [0.3, 0.4) is 0 Å². The van der Waals surface area contributed by atoms with Gasteiger partial charge in [0.1, 0.15) is 5.82 Å². The summed E-state index contributed by atoms with van der Waals surface area (Å²) in [5.74, 6) is -0.738. The van der Waals surface area contributed by atoms with Gasteiger partial charge >= 0.3 is 0 Å². The molecule has 0 radical (unpaired) electrons. The third kappa shape index (κ3) is 2.56. The molecule has 2 rings (SSSR count). The highest BCUT2D eigenvalue weighted by Gasteiger charge is 2.14. The number of carbonyl (C=O) groups is 1. The Morgan fingerprint density at radius 1 is 1.18 bits per heavy atom. The first-order chi connectivity index (χ1) is 8.09. The van der Waals surface area contributed by atoms with Crippen molar-refractivity contribution in [3.8, 4) is 0 Å². The zero-order valence-electron chi connectivity index (χ0n) is 8.58. The first-order valence-electron chi connectivity index (χ1n) is 4.84. The van der Waals surface area contributed by atoms with Crippen molar-refractivity contribution in [2.45, 2.75) is 0 Å². The Balaban J connectivity index is 2.48. The van der Waals surface area contributed by atoms with Crippen LogP contribution in [-0.2, 0) is 0 Å². The van der Waals surface area contributed by atoms with Gasteiger partial charge in [-0.3, -0.25) is 4.79 Å². The minimum atomic E-state index is -0.443. The second-order valence-electron chi connectivity index (χ2n) is 3.44. The molecule has 17 heavy (non-hydrogen) atoms. The number of rotatable bonds is 2. The lowest BCUT2D eigenvalue weighted by Crippen LogP contribution is -2.02. The molecule has 0 saturated heterocycles. The SMILES string of the molecule is O=C(c1cccc(F)c1)c1cccc(Br)c1Cl. The summed E-state index contributed by atoms with van der Waals surface area (Å²) in [6, 6.07) is 10.6. The smallest absolute Gasteiger partial charge is 0.194 e. The van der Waals surface area contributed by atoms with Crippen LogP contribution in [0, 0.1) is 5.82 Å². The van der Waals surface area contributed by atoms with E-state index in [9.17, 15) is 9.18 Å². The van der Waals surface area contributed by atoms with Gasteiger partial charge in [0.05, 0.1) is 5.02 Å². The molecule has 0 N–H and O–H groups in total. The molecule has 0 bridgehead atoms. The zero-order valence-corrected chi connectivity index (χ0v) is 10.9. The van der Waals surface area contributed by atoms with E-state index < -0.39 is 5.82 Å². The Labute approximate surface area is 111 Å². The maximum Gasteiger partial charge on any atom is 0.194 e. The molecule has 2 aromatic carbocycles. The van der Waals surface area contributed by atoms with Crippen LogP contribution in [0.5, 0.6) is 0 Å². The minimum Gasteiger partial charge on any atom is -0.289 e. The summed E-state index contributed by atoms with van der Waals surface area (Å²) in [4.78, 5) is 12.1. The average molecular weight is 314 g/mol. The maximum atomic E-state index is 13.0. The summed E-state index contributed by atoms with van der Waals surface area (Å²) in [6.45, 7) is 0. The van der Waals surface area contributed by atoms with Gasteiger partial charge in [0.15, 0.2) is 5.78 Å². The fraction of sp³-hybridized carbons (Fsp3) is 0. The molecule has 1 nitrogen and oxygen atoms in total. The minimum absolute atomic E-state index is 0.282. The molecule has 0 amide bonds. The van der Waals surface area contributed by atoms with Crippen LogP contribution in [0.2, 0.25) is 5.02 Å². The number of hydrogen-bond donors (Lipinski definition) is 0. The second-order valence-corrected chi connectivity index (χ2v) is 4.67. The van der Waals surface area contributed by atoms with Gasteiger partial charge in [-0.15, -0.1) is 0 Å². The highest BCUT2D eigenvalue weighted by molar-refractivity contribution is 9.10. The quantitative estimate of drug-likeness (QED) is 0.748. The standard InChI is InChI=1S/C13H7BrClFO/c14-11-6-2-5-10(12(11)15)13(17)8-3-1-4-9(16)7-8/h1-7H. The summed E-state index contributed by atoms with van der Waals surface area (Å²) in [6.07, 6.45) is 0. The van der Waals surface area contributed by atoms with Crippen LogP contribution < -0.4 is 0 Å². The lowest BCUT2D eigenvalue weighted by molar-refractivity contribution is 0.103. The average Bonchev–Trinajstić information content (AvgIpc) is 2.32. The molecule has 0 heterocycles. The molecule has 0 unspecified atom stereocenters. The fourth-order valence-corrected chi connectivity index (χ4v) is 2.04. The Morgan fingerprint density at radius 2 is 1.88 bits per heavy atom. The van der Waals surface area contributed by atoms with E-state index in [1.807, 2.05) is 0 Å². The topological polar surface area (TPSA) is 17.1 Å². The molecule has 0 aliphatic heterocycles. The van der Waals surface area contributed by atoms with Gasteiger partial charge in [-0.2, -0.15) is 0 Å². The van der Waals surface area contributed by atoms with Crippen LogP contribution in [0.15, 0.2) is 46.9 Å². The molecule has 0 saturated carbocycles.